The van der Waals surface area contributed by atoms with Gasteiger partial charge in [0.25, 0.3) is 0 Å². The zero-order chi connectivity index (χ0) is 37.5. The van der Waals surface area contributed by atoms with E-state index in [0.29, 0.717) is 0 Å². The molecule has 0 radical (unpaired) electrons. The lowest BCUT2D eigenvalue weighted by Gasteiger charge is -2.17. The lowest BCUT2D eigenvalue weighted by molar-refractivity contribution is 0.669. The maximum Gasteiger partial charge on any atom is 0.136 e. The van der Waals surface area contributed by atoms with E-state index in [9.17, 15) is 0 Å². The Balaban J connectivity index is 1.09. The summed E-state index contributed by atoms with van der Waals surface area (Å²) < 4.78 is 6.64. The number of benzene rings is 9. The van der Waals surface area contributed by atoms with E-state index in [1.165, 1.54) is 49.0 Å². The highest BCUT2D eigenvalue weighted by Gasteiger charge is 2.20. The first kappa shape index (κ1) is 31.7. The van der Waals surface area contributed by atoms with Crippen molar-refractivity contribution in [3.05, 3.63) is 194 Å². The summed E-state index contributed by atoms with van der Waals surface area (Å²) in [6, 6.07) is 67.5. The van der Waals surface area contributed by atoms with Crippen molar-refractivity contribution in [3.63, 3.8) is 0 Å². The van der Waals surface area contributed by atoms with Crippen molar-refractivity contribution in [1.29, 1.82) is 0 Å². The molecule has 12 aromatic rings. The molecule has 0 atom stereocenters. The topological polar surface area (TPSA) is 38.9 Å². The number of aromatic nitrogens is 2. The summed E-state index contributed by atoms with van der Waals surface area (Å²) in [6.07, 6.45) is 1.84. The van der Waals surface area contributed by atoms with Gasteiger partial charge in [0.2, 0.25) is 0 Å². The van der Waals surface area contributed by atoms with Crippen LogP contribution in [0.25, 0.3) is 121 Å². The average Bonchev–Trinajstić information content (AvgIpc) is 3.67. The van der Waals surface area contributed by atoms with Crippen LogP contribution in [-0.4, -0.2) is 9.97 Å². The molecule has 9 aromatic carbocycles. The maximum absolute atomic E-state index is 6.64. The van der Waals surface area contributed by atoms with Gasteiger partial charge < -0.3 is 4.42 Å². The van der Waals surface area contributed by atoms with Gasteiger partial charge >= 0.3 is 0 Å². The van der Waals surface area contributed by atoms with Gasteiger partial charge in [-0.1, -0.05) is 152 Å². The van der Waals surface area contributed by atoms with Gasteiger partial charge in [-0.3, -0.25) is 4.98 Å². The molecule has 3 nitrogen and oxygen atoms in total. The van der Waals surface area contributed by atoms with Crippen LogP contribution in [0.1, 0.15) is 0 Å². The van der Waals surface area contributed by atoms with Crippen LogP contribution < -0.4 is 0 Å². The zero-order valence-electron chi connectivity index (χ0n) is 30.8. The van der Waals surface area contributed by atoms with E-state index in [-0.39, 0.29) is 0 Å². The van der Waals surface area contributed by atoms with Crippen LogP contribution in [0.5, 0.6) is 0 Å². The number of hydrogen-bond donors (Lipinski definition) is 0. The highest BCUT2D eigenvalue weighted by atomic mass is 16.3. The summed E-state index contributed by atoms with van der Waals surface area (Å²) in [5, 5.41) is 11.9. The number of pyridine rings is 2. The van der Waals surface area contributed by atoms with Crippen molar-refractivity contribution >= 4 is 76.1 Å². The number of nitrogens with zero attached hydrogens (tertiary/aromatic N) is 2. The lowest BCUT2D eigenvalue weighted by Crippen LogP contribution is -1.92. The molecular formula is C54H32N2O. The van der Waals surface area contributed by atoms with E-state index < -0.39 is 0 Å². The van der Waals surface area contributed by atoms with E-state index in [4.69, 9.17) is 14.4 Å². The fourth-order valence-corrected chi connectivity index (χ4v) is 9.10. The molecule has 0 fully saturated rings. The van der Waals surface area contributed by atoms with Gasteiger partial charge in [0.05, 0.1) is 16.7 Å². The minimum absolute atomic E-state index is 0.832. The van der Waals surface area contributed by atoms with Gasteiger partial charge in [-0.25, -0.2) is 4.98 Å². The quantitative estimate of drug-likeness (QED) is 0.170. The van der Waals surface area contributed by atoms with Gasteiger partial charge in [0.15, 0.2) is 0 Å². The minimum Gasteiger partial charge on any atom is -0.456 e. The van der Waals surface area contributed by atoms with Gasteiger partial charge in [-0.2, -0.15) is 0 Å². The van der Waals surface area contributed by atoms with Crippen molar-refractivity contribution in [2.24, 2.45) is 0 Å². The summed E-state index contributed by atoms with van der Waals surface area (Å²) in [6.45, 7) is 0. The Labute approximate surface area is 328 Å². The van der Waals surface area contributed by atoms with Crippen LogP contribution in [0.4, 0.5) is 0 Å². The molecule has 264 valence electrons. The second-order valence-electron chi connectivity index (χ2n) is 14.8. The van der Waals surface area contributed by atoms with Crippen LogP contribution >= 0.6 is 0 Å². The maximum atomic E-state index is 6.64. The third-order valence-corrected chi connectivity index (χ3v) is 11.7. The summed E-state index contributed by atoms with van der Waals surface area (Å²) in [5.74, 6) is 0. The molecule has 3 heterocycles. The lowest BCUT2D eigenvalue weighted by atomic mass is 9.86. The molecule has 3 aromatic heterocycles. The monoisotopic (exact) mass is 724 g/mol. The summed E-state index contributed by atoms with van der Waals surface area (Å²) in [5.41, 5.74) is 12.3. The van der Waals surface area contributed by atoms with Crippen molar-refractivity contribution in [2.45, 2.75) is 0 Å². The highest BCUT2D eigenvalue weighted by molar-refractivity contribution is 6.26. The molecule has 0 N–H and O–H groups in total. The third-order valence-electron chi connectivity index (χ3n) is 11.7. The van der Waals surface area contributed by atoms with Crippen LogP contribution in [0.15, 0.2) is 199 Å². The normalized spacial score (nSPS) is 11.9. The van der Waals surface area contributed by atoms with Gasteiger partial charge in [0, 0.05) is 33.3 Å². The first-order valence-corrected chi connectivity index (χ1v) is 19.4. The number of para-hydroxylation sites is 1. The zero-order valence-corrected chi connectivity index (χ0v) is 30.8. The van der Waals surface area contributed by atoms with Crippen LogP contribution in [0, 0.1) is 0 Å². The summed E-state index contributed by atoms with van der Waals surface area (Å²) >= 11 is 0. The molecule has 57 heavy (non-hydrogen) atoms. The van der Waals surface area contributed by atoms with Crippen LogP contribution in [0.2, 0.25) is 0 Å². The summed E-state index contributed by atoms with van der Waals surface area (Å²) in [4.78, 5) is 9.99. The molecule has 3 heteroatoms. The standard InChI is InChI=1S/C54H32N2O/c1-2-14-38(37(13-1)35-25-27-45-42-18-4-3-16-40(42)41-17-5-7-19-43(41)47(45)30-35)39-15-6-8-20-44(39)48-31-36(32-51-52(48)46-21-9-10-22-50(46)57-51)49-28-26-34-24-23-33-12-11-29-55-53(33)54(34)56-49/h1-32H. The Morgan fingerprint density at radius 2 is 0.895 bits per heavy atom. The number of fused-ring (bicyclic) bond motifs is 12. The van der Waals surface area contributed by atoms with Crippen LogP contribution in [-0.2, 0) is 0 Å². The molecule has 0 saturated heterocycles. The van der Waals surface area contributed by atoms with Gasteiger partial charge in [-0.05, 0) is 102 Å². The van der Waals surface area contributed by atoms with Gasteiger partial charge in [-0.15, -0.1) is 0 Å². The number of furan rings is 1. The molecule has 0 saturated carbocycles. The van der Waals surface area contributed by atoms with E-state index in [1.807, 2.05) is 18.3 Å². The van der Waals surface area contributed by atoms with Gasteiger partial charge in [0.1, 0.15) is 11.2 Å². The smallest absolute Gasteiger partial charge is 0.136 e. The van der Waals surface area contributed by atoms with Crippen LogP contribution in [0.3, 0.4) is 0 Å². The molecule has 12 rings (SSSR count). The van der Waals surface area contributed by atoms with Crippen molar-refractivity contribution in [2.75, 3.05) is 0 Å². The second-order valence-corrected chi connectivity index (χ2v) is 14.8. The van der Waals surface area contributed by atoms with E-state index in [0.717, 1.165) is 71.7 Å². The Bertz CT molecular complexity index is 3560. The third kappa shape index (κ3) is 4.92. The molecule has 0 aliphatic rings. The predicted molar refractivity (Wildman–Crippen MR) is 239 cm³/mol. The SMILES string of the molecule is c1ccc(-c2ccccc2-c2cc(-c3ccc4ccc5cccnc5c4n3)cc3oc4ccccc4c23)c(-c2ccc3c4ccccc4c4ccccc4c3c2)c1. The van der Waals surface area contributed by atoms with E-state index in [2.05, 4.69) is 176 Å². The number of hydrogen-bond acceptors (Lipinski definition) is 3. The first-order chi connectivity index (χ1) is 28.3. The minimum atomic E-state index is 0.832. The highest BCUT2D eigenvalue weighted by Crippen LogP contribution is 2.46. The predicted octanol–water partition coefficient (Wildman–Crippen LogP) is 14.8. The fraction of sp³-hybridized carbons (Fsp3) is 0. The Morgan fingerprint density at radius 3 is 1.63 bits per heavy atom. The second kappa shape index (κ2) is 12.5. The molecule has 0 spiro atoms. The van der Waals surface area contributed by atoms with Crippen molar-refractivity contribution in [1.82, 2.24) is 9.97 Å². The Kier molecular flexibility index (Phi) is 6.93. The van der Waals surface area contributed by atoms with Crippen molar-refractivity contribution < 1.29 is 4.42 Å². The molecule has 0 unspecified atom stereocenters. The molecular weight excluding hydrogens is 693 g/mol. The summed E-state index contributed by atoms with van der Waals surface area (Å²) in [7, 11) is 0. The van der Waals surface area contributed by atoms with Crippen molar-refractivity contribution in [3.8, 4) is 44.6 Å². The Hall–Kier alpha value is -7.62. The molecule has 0 aliphatic carbocycles. The van der Waals surface area contributed by atoms with E-state index >= 15 is 0 Å². The first-order valence-electron chi connectivity index (χ1n) is 19.4. The van der Waals surface area contributed by atoms with E-state index in [1.54, 1.807) is 0 Å². The Morgan fingerprint density at radius 1 is 0.333 bits per heavy atom. The fourth-order valence-electron chi connectivity index (χ4n) is 9.10. The largest absolute Gasteiger partial charge is 0.456 e. The number of rotatable bonds is 4. The molecule has 0 aliphatic heterocycles. The molecule has 0 bridgehead atoms. The average molecular weight is 725 g/mol. The molecule has 0 amide bonds.